The molecule has 0 aliphatic rings. The van der Waals surface area contributed by atoms with Crippen molar-refractivity contribution in [2.75, 3.05) is 13.2 Å². The van der Waals surface area contributed by atoms with Gasteiger partial charge in [0.05, 0.1) is 12.7 Å². The predicted octanol–water partition coefficient (Wildman–Crippen LogP) is 2.54. The fraction of sp³-hybridized carbons (Fsp3) is 0.900. The van der Waals surface area contributed by atoms with Crippen LogP contribution in [0.2, 0.25) is 0 Å². The maximum atomic E-state index is 11.7. The molecule has 0 aliphatic carbocycles. The number of rotatable bonds is 4. The van der Waals surface area contributed by atoms with Gasteiger partial charge in [-0.15, -0.1) is 0 Å². The summed E-state index contributed by atoms with van der Waals surface area (Å²) in [6, 6.07) is 0. The Balaban J connectivity index is 3.74. The fourth-order valence-corrected chi connectivity index (χ4v) is 0.691. The highest BCUT2D eigenvalue weighted by Gasteiger charge is 2.40. The molecule has 0 bridgehead atoms. The lowest BCUT2D eigenvalue weighted by Gasteiger charge is -2.27. The minimum absolute atomic E-state index is 0.0414. The molecule has 0 spiro atoms. The number of alkyl halides is 3. The van der Waals surface area contributed by atoms with Gasteiger partial charge in [0.2, 0.25) is 0 Å². The molecule has 0 radical (unpaired) electrons. The topological polar surface area (TPSA) is 35.5 Å². The predicted molar refractivity (Wildman–Crippen MR) is 51.9 cm³/mol. The van der Waals surface area contributed by atoms with Gasteiger partial charge in [0.25, 0.3) is 0 Å². The first-order chi connectivity index (χ1) is 7.05. The highest BCUT2D eigenvalue weighted by molar-refractivity contribution is 5.75. The van der Waals surface area contributed by atoms with Crippen molar-refractivity contribution in [2.24, 2.45) is 5.41 Å². The Morgan fingerprint density at radius 2 is 1.69 bits per heavy atom. The van der Waals surface area contributed by atoms with Crippen LogP contribution < -0.4 is 0 Å². The molecule has 0 saturated carbocycles. The lowest BCUT2D eigenvalue weighted by atomic mass is 9.90. The zero-order valence-electron chi connectivity index (χ0n) is 9.85. The zero-order valence-corrected chi connectivity index (χ0v) is 9.85. The first kappa shape index (κ1) is 15.2. The molecule has 96 valence electrons. The van der Waals surface area contributed by atoms with Gasteiger partial charge in [-0.05, 0) is 12.3 Å². The number of carbonyl (C=O) groups is 1. The first-order valence-corrected chi connectivity index (χ1v) is 4.90. The first-order valence-electron chi connectivity index (χ1n) is 4.90. The van der Waals surface area contributed by atoms with E-state index in [1.807, 2.05) is 27.7 Å². The van der Waals surface area contributed by atoms with Gasteiger partial charge < -0.3 is 9.47 Å². The summed E-state index contributed by atoms with van der Waals surface area (Å²) in [6.45, 7) is 7.21. The van der Waals surface area contributed by atoms with E-state index in [1.165, 1.54) is 0 Å². The lowest BCUT2D eigenvalue weighted by molar-refractivity contribution is -0.201. The van der Waals surface area contributed by atoms with Crippen LogP contribution in [0.3, 0.4) is 0 Å². The van der Waals surface area contributed by atoms with Crippen molar-refractivity contribution in [3.8, 4) is 0 Å². The standard InChI is InChI=1S/C10H17F3O3/c1-7(9(2,3)4)15-5-6-16-8(14)10(11,12)13/h7H,5-6H2,1-4H3. The summed E-state index contributed by atoms with van der Waals surface area (Å²) < 4.78 is 44.3. The number of hydrogen-bond donors (Lipinski definition) is 0. The molecule has 1 atom stereocenters. The Kier molecular flexibility index (Phi) is 5.25. The van der Waals surface area contributed by atoms with E-state index in [0.29, 0.717) is 0 Å². The maximum Gasteiger partial charge on any atom is 0.490 e. The number of ether oxygens (including phenoxy) is 2. The third-order valence-electron chi connectivity index (χ3n) is 2.14. The van der Waals surface area contributed by atoms with Crippen LogP contribution in [-0.2, 0) is 14.3 Å². The molecule has 0 fully saturated rings. The van der Waals surface area contributed by atoms with Crippen LogP contribution in [0.1, 0.15) is 27.7 Å². The van der Waals surface area contributed by atoms with E-state index in [-0.39, 0.29) is 18.1 Å². The van der Waals surface area contributed by atoms with Crippen LogP contribution in [0.4, 0.5) is 13.2 Å². The molecular formula is C10H17F3O3. The molecule has 0 saturated heterocycles. The molecule has 1 unspecified atom stereocenters. The fourth-order valence-electron chi connectivity index (χ4n) is 0.691. The summed E-state index contributed by atoms with van der Waals surface area (Å²) in [6.07, 6.45) is -5.06. The van der Waals surface area contributed by atoms with Gasteiger partial charge in [-0.2, -0.15) is 13.2 Å². The molecule has 3 nitrogen and oxygen atoms in total. The SMILES string of the molecule is CC(OCCOC(=O)C(F)(F)F)C(C)(C)C. The monoisotopic (exact) mass is 242 g/mol. The number of halogens is 3. The van der Waals surface area contributed by atoms with Gasteiger partial charge in [0, 0.05) is 0 Å². The number of carbonyl (C=O) groups excluding carboxylic acids is 1. The van der Waals surface area contributed by atoms with E-state index < -0.39 is 18.8 Å². The Labute approximate surface area is 92.9 Å². The molecule has 0 N–H and O–H groups in total. The minimum Gasteiger partial charge on any atom is -0.457 e. The molecule has 0 aliphatic heterocycles. The lowest BCUT2D eigenvalue weighted by Crippen LogP contribution is -2.30. The Morgan fingerprint density at radius 1 is 1.19 bits per heavy atom. The van der Waals surface area contributed by atoms with E-state index >= 15 is 0 Å². The number of esters is 1. The van der Waals surface area contributed by atoms with Crippen LogP contribution in [0.25, 0.3) is 0 Å². The molecule has 0 amide bonds. The van der Waals surface area contributed by atoms with E-state index in [4.69, 9.17) is 4.74 Å². The Morgan fingerprint density at radius 3 is 2.06 bits per heavy atom. The van der Waals surface area contributed by atoms with Crippen LogP contribution in [-0.4, -0.2) is 31.5 Å². The van der Waals surface area contributed by atoms with Gasteiger partial charge in [-0.3, -0.25) is 0 Å². The molecule has 0 heterocycles. The summed E-state index contributed by atoms with van der Waals surface area (Å²) in [5.41, 5.74) is -0.103. The quantitative estimate of drug-likeness (QED) is 0.561. The second kappa shape index (κ2) is 5.52. The van der Waals surface area contributed by atoms with Crippen LogP contribution >= 0.6 is 0 Å². The van der Waals surface area contributed by atoms with Crippen molar-refractivity contribution in [3.63, 3.8) is 0 Å². The van der Waals surface area contributed by atoms with E-state index in [9.17, 15) is 18.0 Å². The highest BCUT2D eigenvalue weighted by atomic mass is 19.4. The van der Waals surface area contributed by atoms with Crippen LogP contribution in [0, 0.1) is 5.41 Å². The van der Waals surface area contributed by atoms with Crippen molar-refractivity contribution in [1.29, 1.82) is 0 Å². The molecule has 0 aromatic carbocycles. The third kappa shape index (κ3) is 5.95. The third-order valence-corrected chi connectivity index (χ3v) is 2.14. The van der Waals surface area contributed by atoms with Gasteiger partial charge in [0.15, 0.2) is 0 Å². The molecular weight excluding hydrogens is 225 g/mol. The molecule has 0 rings (SSSR count). The summed E-state index contributed by atoms with van der Waals surface area (Å²) in [5, 5.41) is 0. The van der Waals surface area contributed by atoms with Crippen LogP contribution in [0.5, 0.6) is 0 Å². The average Bonchev–Trinajstić information content (AvgIpc) is 2.08. The second-order valence-electron chi connectivity index (χ2n) is 4.51. The van der Waals surface area contributed by atoms with Crippen molar-refractivity contribution in [3.05, 3.63) is 0 Å². The van der Waals surface area contributed by atoms with Crippen molar-refractivity contribution in [2.45, 2.75) is 40.0 Å². The van der Waals surface area contributed by atoms with Crippen LogP contribution in [0.15, 0.2) is 0 Å². The largest absolute Gasteiger partial charge is 0.490 e. The highest BCUT2D eigenvalue weighted by Crippen LogP contribution is 2.21. The Bertz CT molecular complexity index is 230. The summed E-state index contributed by atoms with van der Waals surface area (Å²) in [7, 11) is 0. The van der Waals surface area contributed by atoms with Crippen molar-refractivity contribution >= 4 is 5.97 Å². The van der Waals surface area contributed by atoms with Crippen molar-refractivity contribution in [1.82, 2.24) is 0 Å². The summed E-state index contributed by atoms with van der Waals surface area (Å²) in [4.78, 5) is 10.3. The molecule has 6 heteroatoms. The number of hydrogen-bond acceptors (Lipinski definition) is 3. The maximum absolute atomic E-state index is 11.7. The van der Waals surface area contributed by atoms with E-state index in [2.05, 4.69) is 4.74 Å². The molecule has 16 heavy (non-hydrogen) atoms. The van der Waals surface area contributed by atoms with Gasteiger partial charge in [-0.25, -0.2) is 4.79 Å². The van der Waals surface area contributed by atoms with E-state index in [1.54, 1.807) is 0 Å². The molecule has 0 aromatic heterocycles. The van der Waals surface area contributed by atoms with E-state index in [0.717, 1.165) is 0 Å². The van der Waals surface area contributed by atoms with Gasteiger partial charge in [-0.1, -0.05) is 20.8 Å². The minimum atomic E-state index is -4.93. The summed E-state index contributed by atoms with van der Waals surface area (Å²) >= 11 is 0. The molecule has 0 aromatic rings. The van der Waals surface area contributed by atoms with Gasteiger partial charge >= 0.3 is 12.1 Å². The summed E-state index contributed by atoms with van der Waals surface area (Å²) in [5.74, 6) is -2.18. The normalized spacial score (nSPS) is 14.7. The average molecular weight is 242 g/mol. The Hall–Kier alpha value is -0.780. The zero-order chi connectivity index (χ0) is 13.0. The second-order valence-corrected chi connectivity index (χ2v) is 4.51. The smallest absolute Gasteiger partial charge is 0.457 e. The van der Waals surface area contributed by atoms with Crippen molar-refractivity contribution < 1.29 is 27.4 Å². The van der Waals surface area contributed by atoms with Gasteiger partial charge in [0.1, 0.15) is 6.61 Å².